The molecule has 1 atom stereocenters. The third kappa shape index (κ3) is 1.90. The largest absolute Gasteiger partial charge is 0.207 e. The molecule has 0 bridgehead atoms. The summed E-state index contributed by atoms with van der Waals surface area (Å²) in [5.74, 6) is 0.698. The van der Waals surface area contributed by atoms with Crippen molar-refractivity contribution in [1.82, 2.24) is 0 Å². The Morgan fingerprint density at radius 3 is 2.62 bits per heavy atom. The van der Waals surface area contributed by atoms with Crippen LogP contribution < -0.4 is 0 Å². The van der Waals surface area contributed by atoms with Crippen LogP contribution in [0.4, 0.5) is 4.39 Å². The predicted octanol–water partition coefficient (Wildman–Crippen LogP) is 3.34. The van der Waals surface area contributed by atoms with E-state index in [0.29, 0.717) is 0 Å². The fourth-order valence-corrected chi connectivity index (χ4v) is 2.02. The molecule has 1 aliphatic carbocycles. The molecule has 0 aromatic heterocycles. The summed E-state index contributed by atoms with van der Waals surface area (Å²) in [5.41, 5.74) is 2.58. The third-order valence-electron chi connectivity index (χ3n) is 2.98. The van der Waals surface area contributed by atoms with Crippen LogP contribution in [0.15, 0.2) is 18.2 Å². The Bertz CT molecular complexity index is 304. The fraction of sp³-hybridized carbons (Fsp3) is 0.500. The molecule has 1 unspecified atom stereocenters. The van der Waals surface area contributed by atoms with Gasteiger partial charge in [0.2, 0.25) is 0 Å². The summed E-state index contributed by atoms with van der Waals surface area (Å²) in [6.45, 7) is 2.28. The molecule has 0 fully saturated rings. The lowest BCUT2D eigenvalue weighted by Gasteiger charge is -2.03. The van der Waals surface area contributed by atoms with Crippen LogP contribution in [0.2, 0.25) is 0 Å². The van der Waals surface area contributed by atoms with Crippen molar-refractivity contribution >= 4 is 0 Å². The number of hydrogen-bond donors (Lipinski definition) is 0. The van der Waals surface area contributed by atoms with Gasteiger partial charge in [-0.05, 0) is 54.9 Å². The van der Waals surface area contributed by atoms with Gasteiger partial charge in [-0.25, -0.2) is 4.39 Å². The van der Waals surface area contributed by atoms with Gasteiger partial charge in [-0.1, -0.05) is 13.0 Å². The molecule has 0 aliphatic heterocycles. The lowest BCUT2D eigenvalue weighted by atomic mass is 10.0. The highest BCUT2D eigenvalue weighted by Crippen LogP contribution is 2.24. The van der Waals surface area contributed by atoms with E-state index in [0.717, 1.165) is 18.8 Å². The smallest absolute Gasteiger partial charge is 0.123 e. The van der Waals surface area contributed by atoms with Crippen molar-refractivity contribution in [2.24, 2.45) is 5.92 Å². The van der Waals surface area contributed by atoms with Gasteiger partial charge in [-0.2, -0.15) is 0 Å². The molecule has 13 heavy (non-hydrogen) atoms. The van der Waals surface area contributed by atoms with Crippen molar-refractivity contribution in [2.75, 3.05) is 0 Å². The van der Waals surface area contributed by atoms with Crippen molar-refractivity contribution in [3.05, 3.63) is 35.1 Å². The molecule has 0 N–H and O–H groups in total. The van der Waals surface area contributed by atoms with E-state index in [4.69, 9.17) is 0 Å². The van der Waals surface area contributed by atoms with Crippen molar-refractivity contribution < 1.29 is 4.39 Å². The molecule has 0 heterocycles. The van der Waals surface area contributed by atoms with Crippen LogP contribution in [0, 0.1) is 11.7 Å². The van der Waals surface area contributed by atoms with Crippen LogP contribution in [-0.4, -0.2) is 0 Å². The molecule has 0 saturated carbocycles. The summed E-state index contributed by atoms with van der Waals surface area (Å²) in [6.07, 6.45) is 4.63. The Morgan fingerprint density at radius 2 is 1.85 bits per heavy atom. The lowest BCUT2D eigenvalue weighted by molar-refractivity contribution is 0.510. The maximum absolute atomic E-state index is 12.9. The minimum Gasteiger partial charge on any atom is -0.207 e. The van der Waals surface area contributed by atoms with Gasteiger partial charge >= 0.3 is 0 Å². The zero-order chi connectivity index (χ0) is 9.26. The van der Waals surface area contributed by atoms with Crippen molar-refractivity contribution in [1.29, 1.82) is 0 Å². The molecule has 0 amide bonds. The van der Waals surface area contributed by atoms with Crippen LogP contribution in [0.5, 0.6) is 0 Å². The van der Waals surface area contributed by atoms with Crippen LogP contribution in [-0.2, 0) is 12.8 Å². The molecule has 1 aliphatic rings. The number of benzene rings is 1. The highest BCUT2D eigenvalue weighted by atomic mass is 19.1. The molecule has 70 valence electrons. The van der Waals surface area contributed by atoms with Crippen LogP contribution in [0.3, 0.4) is 0 Å². The Hall–Kier alpha value is -0.850. The first-order valence-electron chi connectivity index (χ1n) is 5.03. The lowest BCUT2D eigenvalue weighted by Crippen LogP contribution is -1.92. The summed E-state index contributed by atoms with van der Waals surface area (Å²) in [5, 5.41) is 0. The van der Waals surface area contributed by atoms with E-state index < -0.39 is 0 Å². The third-order valence-corrected chi connectivity index (χ3v) is 2.98. The van der Waals surface area contributed by atoms with Gasteiger partial charge in [0, 0.05) is 0 Å². The quantitative estimate of drug-likeness (QED) is 0.534. The molecule has 0 nitrogen and oxygen atoms in total. The average Bonchev–Trinajstić information content (AvgIpc) is 2.29. The summed E-state index contributed by atoms with van der Waals surface area (Å²) >= 11 is 0. The van der Waals surface area contributed by atoms with Gasteiger partial charge < -0.3 is 0 Å². The van der Waals surface area contributed by atoms with Crippen molar-refractivity contribution in [3.8, 4) is 0 Å². The first-order valence-corrected chi connectivity index (χ1v) is 5.03. The Morgan fingerprint density at radius 1 is 1.15 bits per heavy atom. The second kappa shape index (κ2) is 3.49. The minimum absolute atomic E-state index is 0.0895. The summed E-state index contributed by atoms with van der Waals surface area (Å²) < 4.78 is 12.9. The molecule has 0 saturated heterocycles. The fourth-order valence-electron chi connectivity index (χ4n) is 2.02. The number of halogens is 1. The maximum Gasteiger partial charge on any atom is 0.123 e. The van der Waals surface area contributed by atoms with Gasteiger partial charge in [0.15, 0.2) is 0 Å². The minimum atomic E-state index is -0.0895. The number of hydrogen-bond acceptors (Lipinski definition) is 0. The normalized spacial score (nSPS) is 22.2. The van der Waals surface area contributed by atoms with Gasteiger partial charge in [-0.15, -0.1) is 0 Å². The van der Waals surface area contributed by atoms with Gasteiger partial charge in [0.25, 0.3) is 0 Å². The van der Waals surface area contributed by atoms with E-state index in [1.165, 1.54) is 24.0 Å². The van der Waals surface area contributed by atoms with E-state index >= 15 is 0 Å². The molecular weight excluding hydrogens is 163 g/mol. The summed E-state index contributed by atoms with van der Waals surface area (Å²) in [6, 6.07) is 5.23. The zero-order valence-corrected chi connectivity index (χ0v) is 8.02. The number of aryl methyl sites for hydroxylation is 2. The average molecular weight is 178 g/mol. The number of rotatable bonds is 0. The second-order valence-electron chi connectivity index (χ2n) is 4.10. The van der Waals surface area contributed by atoms with E-state index in [9.17, 15) is 4.39 Å². The SMILES string of the molecule is CC1CCc2ccc(F)cc2CC1. The predicted molar refractivity (Wildman–Crippen MR) is 52.2 cm³/mol. The van der Waals surface area contributed by atoms with Crippen LogP contribution >= 0.6 is 0 Å². The molecule has 1 heteroatoms. The molecule has 0 radical (unpaired) electrons. The van der Waals surface area contributed by atoms with E-state index in [1.807, 2.05) is 6.07 Å². The van der Waals surface area contributed by atoms with E-state index in [2.05, 4.69) is 6.92 Å². The monoisotopic (exact) mass is 178 g/mol. The zero-order valence-electron chi connectivity index (χ0n) is 8.02. The second-order valence-corrected chi connectivity index (χ2v) is 4.10. The Kier molecular flexibility index (Phi) is 2.34. The van der Waals surface area contributed by atoms with Gasteiger partial charge in [0.05, 0.1) is 0 Å². The van der Waals surface area contributed by atoms with E-state index in [1.54, 1.807) is 12.1 Å². The molecule has 1 aromatic rings. The number of fused-ring (bicyclic) bond motifs is 1. The van der Waals surface area contributed by atoms with E-state index in [-0.39, 0.29) is 5.82 Å². The van der Waals surface area contributed by atoms with Crippen molar-refractivity contribution in [2.45, 2.75) is 32.6 Å². The van der Waals surface area contributed by atoms with Crippen LogP contribution in [0.1, 0.15) is 30.9 Å². The van der Waals surface area contributed by atoms with Gasteiger partial charge in [-0.3, -0.25) is 0 Å². The maximum atomic E-state index is 12.9. The van der Waals surface area contributed by atoms with Crippen molar-refractivity contribution in [3.63, 3.8) is 0 Å². The highest BCUT2D eigenvalue weighted by Gasteiger charge is 2.12. The topological polar surface area (TPSA) is 0 Å². The first-order chi connectivity index (χ1) is 6.25. The Labute approximate surface area is 78.8 Å². The standard InChI is InChI=1S/C12H15F/c1-9-2-4-10-6-7-12(13)8-11(10)5-3-9/h6-9H,2-5H2,1H3. The molecule has 2 rings (SSSR count). The molecule has 0 spiro atoms. The summed E-state index contributed by atoms with van der Waals surface area (Å²) in [4.78, 5) is 0. The van der Waals surface area contributed by atoms with Crippen LogP contribution in [0.25, 0.3) is 0 Å². The molecule has 1 aromatic carbocycles. The first kappa shape index (κ1) is 8.74. The summed E-state index contributed by atoms with van der Waals surface area (Å²) in [7, 11) is 0. The Balaban J connectivity index is 2.30. The highest BCUT2D eigenvalue weighted by molar-refractivity contribution is 5.29. The van der Waals surface area contributed by atoms with Gasteiger partial charge in [0.1, 0.15) is 5.82 Å². The molecular formula is C12H15F.